The number of hydrogen-bond donors (Lipinski definition) is 1. The molecule has 0 aliphatic heterocycles. The number of carbonyl (C=O) groups is 1. The highest BCUT2D eigenvalue weighted by Gasteiger charge is 2.21. The Kier molecular flexibility index (Phi) is 3.33. The fraction of sp³-hybridized carbons (Fsp3) is 0.625. The summed E-state index contributed by atoms with van der Waals surface area (Å²) in [5.74, 6) is -0.888. The van der Waals surface area contributed by atoms with Crippen molar-refractivity contribution in [2.24, 2.45) is 5.73 Å². The van der Waals surface area contributed by atoms with Crippen LogP contribution in [0.25, 0.3) is 0 Å². The molecule has 1 aromatic rings. The molecule has 0 saturated heterocycles. The van der Waals surface area contributed by atoms with Gasteiger partial charge < -0.3 is 5.73 Å². The van der Waals surface area contributed by atoms with E-state index in [9.17, 15) is 13.6 Å². The van der Waals surface area contributed by atoms with Crippen LogP contribution in [0.1, 0.15) is 35.9 Å². The molecule has 1 aromatic heterocycles. The van der Waals surface area contributed by atoms with E-state index in [-0.39, 0.29) is 11.6 Å². The first-order chi connectivity index (χ1) is 6.93. The maximum atomic E-state index is 12.2. The third kappa shape index (κ3) is 2.48. The number of nitrogens with zero attached hydrogens (tertiary/aromatic N) is 3. The summed E-state index contributed by atoms with van der Waals surface area (Å²) >= 11 is 0. The van der Waals surface area contributed by atoms with Gasteiger partial charge in [-0.15, -0.1) is 5.10 Å². The van der Waals surface area contributed by atoms with Gasteiger partial charge in [0.2, 0.25) is 0 Å². The van der Waals surface area contributed by atoms with E-state index in [0.717, 1.165) is 4.68 Å². The number of rotatable bonds is 4. The van der Waals surface area contributed by atoms with Crippen LogP contribution in [0.5, 0.6) is 0 Å². The zero-order valence-electron chi connectivity index (χ0n) is 8.44. The van der Waals surface area contributed by atoms with Gasteiger partial charge in [0, 0.05) is 0 Å². The molecule has 0 fully saturated rings. The number of amides is 1. The third-order valence-electron chi connectivity index (χ3n) is 1.86. The summed E-state index contributed by atoms with van der Waals surface area (Å²) in [6.45, 7) is 2.94. The topological polar surface area (TPSA) is 73.8 Å². The summed E-state index contributed by atoms with van der Waals surface area (Å²) in [5, 5.41) is 6.98. The number of primary amides is 1. The Balaban J connectivity index is 3.12. The summed E-state index contributed by atoms with van der Waals surface area (Å²) in [6, 6.07) is 0. The standard InChI is InChI=1S/C8H12F2N4O/c1-4(2)7-6(8(11)15)12-13-14(7)3-5(9)10/h4-5H,3H2,1-2H3,(H2,11,15). The Morgan fingerprint density at radius 2 is 2.13 bits per heavy atom. The largest absolute Gasteiger partial charge is 0.364 e. The molecule has 0 bridgehead atoms. The molecule has 0 atom stereocenters. The predicted molar refractivity (Wildman–Crippen MR) is 48.6 cm³/mol. The van der Waals surface area contributed by atoms with Crippen molar-refractivity contribution in [3.05, 3.63) is 11.4 Å². The van der Waals surface area contributed by atoms with Gasteiger partial charge in [-0.3, -0.25) is 4.79 Å². The second kappa shape index (κ2) is 4.33. The van der Waals surface area contributed by atoms with Gasteiger partial charge >= 0.3 is 0 Å². The highest BCUT2D eigenvalue weighted by molar-refractivity contribution is 5.91. The van der Waals surface area contributed by atoms with Gasteiger partial charge in [-0.2, -0.15) is 0 Å². The van der Waals surface area contributed by atoms with Crippen molar-refractivity contribution in [1.29, 1.82) is 0 Å². The molecule has 7 heteroatoms. The third-order valence-corrected chi connectivity index (χ3v) is 1.86. The molecular weight excluding hydrogens is 206 g/mol. The zero-order chi connectivity index (χ0) is 11.6. The molecule has 0 spiro atoms. The van der Waals surface area contributed by atoms with Crippen LogP contribution >= 0.6 is 0 Å². The highest BCUT2D eigenvalue weighted by atomic mass is 19.3. The van der Waals surface area contributed by atoms with Gasteiger partial charge in [-0.1, -0.05) is 19.1 Å². The van der Waals surface area contributed by atoms with Crippen molar-refractivity contribution in [3.8, 4) is 0 Å². The van der Waals surface area contributed by atoms with Crippen molar-refractivity contribution in [2.45, 2.75) is 32.7 Å². The minimum absolute atomic E-state index is 0.0364. The number of alkyl halides is 2. The lowest BCUT2D eigenvalue weighted by Gasteiger charge is -2.09. The van der Waals surface area contributed by atoms with Crippen LogP contribution in [-0.2, 0) is 6.54 Å². The lowest BCUT2D eigenvalue weighted by Crippen LogP contribution is -2.17. The van der Waals surface area contributed by atoms with Gasteiger partial charge in [-0.05, 0) is 5.92 Å². The molecule has 15 heavy (non-hydrogen) atoms. The van der Waals surface area contributed by atoms with E-state index < -0.39 is 18.9 Å². The van der Waals surface area contributed by atoms with E-state index in [1.54, 1.807) is 13.8 Å². The van der Waals surface area contributed by atoms with Crippen LogP contribution in [0.2, 0.25) is 0 Å². The predicted octanol–water partition coefficient (Wildman–Crippen LogP) is 0.766. The molecule has 0 unspecified atom stereocenters. The summed E-state index contributed by atoms with van der Waals surface area (Å²) < 4.78 is 25.4. The van der Waals surface area contributed by atoms with E-state index in [4.69, 9.17) is 5.73 Å². The molecule has 1 amide bonds. The lowest BCUT2D eigenvalue weighted by atomic mass is 10.1. The SMILES string of the molecule is CC(C)c1c(C(N)=O)nnn1CC(F)F. The minimum atomic E-state index is -2.54. The Labute approximate surface area is 85.2 Å². The number of halogens is 2. The second-order valence-electron chi connectivity index (χ2n) is 3.42. The molecule has 0 radical (unpaired) electrons. The first-order valence-corrected chi connectivity index (χ1v) is 4.44. The molecule has 0 saturated carbocycles. The van der Waals surface area contributed by atoms with Crippen LogP contribution in [-0.4, -0.2) is 27.3 Å². The van der Waals surface area contributed by atoms with Gasteiger partial charge in [0.05, 0.1) is 5.69 Å². The summed E-state index contributed by atoms with van der Waals surface area (Å²) in [6.07, 6.45) is -2.54. The first kappa shape index (κ1) is 11.5. The monoisotopic (exact) mass is 218 g/mol. The maximum absolute atomic E-state index is 12.2. The van der Waals surface area contributed by atoms with Crippen LogP contribution < -0.4 is 5.73 Å². The van der Waals surface area contributed by atoms with E-state index >= 15 is 0 Å². The van der Waals surface area contributed by atoms with Crippen molar-refractivity contribution >= 4 is 5.91 Å². The minimum Gasteiger partial charge on any atom is -0.364 e. The van der Waals surface area contributed by atoms with Crippen LogP contribution in [0, 0.1) is 0 Å². The first-order valence-electron chi connectivity index (χ1n) is 4.44. The Morgan fingerprint density at radius 1 is 1.53 bits per heavy atom. The molecule has 5 nitrogen and oxygen atoms in total. The molecule has 1 rings (SSSR count). The molecular formula is C8H12F2N4O. The van der Waals surface area contributed by atoms with Crippen molar-refractivity contribution in [2.75, 3.05) is 0 Å². The second-order valence-corrected chi connectivity index (χ2v) is 3.42. The van der Waals surface area contributed by atoms with E-state index in [1.807, 2.05) is 0 Å². The molecule has 0 aliphatic carbocycles. The number of carbonyl (C=O) groups excluding carboxylic acids is 1. The Hall–Kier alpha value is -1.53. The molecule has 2 N–H and O–H groups in total. The normalized spacial score (nSPS) is 11.3. The van der Waals surface area contributed by atoms with Crippen molar-refractivity contribution in [1.82, 2.24) is 15.0 Å². The summed E-state index contributed by atoms with van der Waals surface area (Å²) in [7, 11) is 0. The van der Waals surface area contributed by atoms with Crippen LogP contribution in [0.4, 0.5) is 8.78 Å². The van der Waals surface area contributed by atoms with Crippen molar-refractivity contribution in [3.63, 3.8) is 0 Å². The highest BCUT2D eigenvalue weighted by Crippen LogP contribution is 2.17. The quantitative estimate of drug-likeness (QED) is 0.810. The van der Waals surface area contributed by atoms with E-state index in [2.05, 4.69) is 10.3 Å². The van der Waals surface area contributed by atoms with Gasteiger partial charge in [0.1, 0.15) is 6.54 Å². The van der Waals surface area contributed by atoms with Crippen molar-refractivity contribution < 1.29 is 13.6 Å². The van der Waals surface area contributed by atoms with Crippen LogP contribution in [0.15, 0.2) is 0 Å². The molecule has 84 valence electrons. The number of aromatic nitrogens is 3. The average molecular weight is 218 g/mol. The van der Waals surface area contributed by atoms with Gasteiger partial charge in [-0.25, -0.2) is 13.5 Å². The number of hydrogen-bond acceptors (Lipinski definition) is 3. The molecule has 0 aromatic carbocycles. The molecule has 1 heterocycles. The summed E-state index contributed by atoms with van der Waals surface area (Å²) in [5.41, 5.74) is 5.37. The van der Waals surface area contributed by atoms with Gasteiger partial charge in [0.15, 0.2) is 5.69 Å². The van der Waals surface area contributed by atoms with E-state index in [0.29, 0.717) is 5.69 Å². The zero-order valence-corrected chi connectivity index (χ0v) is 8.44. The Bertz CT molecular complexity index is 362. The van der Waals surface area contributed by atoms with Crippen LogP contribution in [0.3, 0.4) is 0 Å². The smallest absolute Gasteiger partial charge is 0.271 e. The maximum Gasteiger partial charge on any atom is 0.271 e. The average Bonchev–Trinajstić information content (AvgIpc) is 2.46. The fourth-order valence-corrected chi connectivity index (χ4v) is 1.33. The summed E-state index contributed by atoms with van der Waals surface area (Å²) in [4.78, 5) is 10.9. The number of nitrogens with two attached hydrogens (primary N) is 1. The fourth-order valence-electron chi connectivity index (χ4n) is 1.33. The Morgan fingerprint density at radius 3 is 2.53 bits per heavy atom. The molecule has 0 aliphatic rings. The van der Waals surface area contributed by atoms with Gasteiger partial charge in [0.25, 0.3) is 12.3 Å². The van der Waals surface area contributed by atoms with E-state index in [1.165, 1.54) is 0 Å². The lowest BCUT2D eigenvalue weighted by molar-refractivity contribution is 0.0992.